The third kappa shape index (κ3) is 3.58. The number of hydrogen-bond acceptors (Lipinski definition) is 3. The van der Waals surface area contributed by atoms with E-state index >= 15 is 0 Å². The van der Waals surface area contributed by atoms with Gasteiger partial charge in [0.2, 0.25) is 0 Å². The van der Waals surface area contributed by atoms with Gasteiger partial charge in [-0.3, -0.25) is 4.98 Å². The van der Waals surface area contributed by atoms with Crippen LogP contribution in [0.5, 0.6) is 0 Å². The molecule has 0 aliphatic heterocycles. The summed E-state index contributed by atoms with van der Waals surface area (Å²) in [7, 11) is 0. The third-order valence-electron chi connectivity index (χ3n) is 1.97. The van der Waals surface area contributed by atoms with Gasteiger partial charge < -0.3 is 4.74 Å². The summed E-state index contributed by atoms with van der Waals surface area (Å²) in [6.45, 7) is 1.28. The molecule has 1 aromatic rings. The fourth-order valence-electron chi connectivity index (χ4n) is 1.23. The van der Waals surface area contributed by atoms with Crippen molar-refractivity contribution in [3.63, 3.8) is 0 Å². The van der Waals surface area contributed by atoms with Crippen LogP contribution in [-0.4, -0.2) is 17.6 Å². The summed E-state index contributed by atoms with van der Waals surface area (Å²) in [6, 6.07) is 0.0772. The van der Waals surface area contributed by atoms with E-state index in [9.17, 15) is 31.1 Å². The van der Waals surface area contributed by atoms with Gasteiger partial charge >= 0.3 is 18.3 Å². The lowest BCUT2D eigenvalue weighted by molar-refractivity contribution is -0.164. The SMILES string of the molecule is CCOC(=O)c1cnc(C(F)(F)F)c(C(F)(F)F)c1. The molecule has 1 aromatic heterocycles. The van der Waals surface area contributed by atoms with Gasteiger partial charge in [0.25, 0.3) is 0 Å². The molecule has 19 heavy (non-hydrogen) atoms. The molecule has 0 saturated carbocycles. The number of aromatic nitrogens is 1. The molecular weight excluding hydrogens is 280 g/mol. The first-order valence-corrected chi connectivity index (χ1v) is 4.89. The number of nitrogens with zero attached hydrogens (tertiary/aromatic N) is 1. The number of carbonyl (C=O) groups is 1. The molecule has 0 aliphatic carbocycles. The maximum Gasteiger partial charge on any atom is 0.433 e. The smallest absolute Gasteiger partial charge is 0.433 e. The second-order valence-corrected chi connectivity index (χ2v) is 3.34. The minimum atomic E-state index is -5.28. The Hall–Kier alpha value is -1.80. The van der Waals surface area contributed by atoms with E-state index in [4.69, 9.17) is 0 Å². The average Bonchev–Trinajstić information content (AvgIpc) is 2.26. The summed E-state index contributed by atoms with van der Waals surface area (Å²) in [5.74, 6) is -1.17. The Labute approximate surface area is 103 Å². The van der Waals surface area contributed by atoms with E-state index in [0.29, 0.717) is 6.20 Å². The molecule has 0 bridgehead atoms. The Morgan fingerprint density at radius 3 is 2.21 bits per heavy atom. The maximum atomic E-state index is 12.5. The van der Waals surface area contributed by atoms with Crippen LogP contribution in [0.25, 0.3) is 0 Å². The van der Waals surface area contributed by atoms with Crippen molar-refractivity contribution in [2.45, 2.75) is 19.3 Å². The highest BCUT2D eigenvalue weighted by Crippen LogP contribution is 2.39. The van der Waals surface area contributed by atoms with E-state index in [1.165, 1.54) is 6.92 Å². The molecule has 0 amide bonds. The lowest BCUT2D eigenvalue weighted by atomic mass is 10.1. The molecule has 0 N–H and O–H groups in total. The van der Waals surface area contributed by atoms with E-state index in [2.05, 4.69) is 9.72 Å². The molecule has 0 aromatic carbocycles. The summed E-state index contributed by atoms with van der Waals surface area (Å²) in [5, 5.41) is 0. The average molecular weight is 287 g/mol. The number of pyridine rings is 1. The van der Waals surface area contributed by atoms with Gasteiger partial charge in [0, 0.05) is 6.20 Å². The predicted molar refractivity (Wildman–Crippen MR) is 50.2 cm³/mol. The highest BCUT2D eigenvalue weighted by molar-refractivity contribution is 5.89. The molecule has 0 atom stereocenters. The zero-order chi connectivity index (χ0) is 14.8. The summed E-state index contributed by atoms with van der Waals surface area (Å²) in [6.07, 6.45) is -10.1. The number of esters is 1. The van der Waals surface area contributed by atoms with Gasteiger partial charge in [-0.05, 0) is 13.0 Å². The standard InChI is InChI=1S/C10H7F6NO2/c1-2-19-8(18)5-3-6(9(11,12)13)7(17-4-5)10(14,15)16/h3-4H,2H2,1H3. The van der Waals surface area contributed by atoms with Crippen molar-refractivity contribution in [3.05, 3.63) is 29.1 Å². The first kappa shape index (κ1) is 15.3. The minimum absolute atomic E-state index is 0.0772. The first-order valence-electron chi connectivity index (χ1n) is 4.89. The van der Waals surface area contributed by atoms with Crippen LogP contribution >= 0.6 is 0 Å². The zero-order valence-corrected chi connectivity index (χ0v) is 9.39. The van der Waals surface area contributed by atoms with Crippen LogP contribution in [0.2, 0.25) is 0 Å². The monoisotopic (exact) mass is 287 g/mol. The number of hydrogen-bond donors (Lipinski definition) is 0. The van der Waals surface area contributed by atoms with Gasteiger partial charge in [0.15, 0.2) is 5.69 Å². The molecule has 0 spiro atoms. The molecule has 0 saturated heterocycles. The number of alkyl halides is 6. The number of rotatable bonds is 2. The fraction of sp³-hybridized carbons (Fsp3) is 0.400. The molecular formula is C10H7F6NO2. The molecule has 0 unspecified atom stereocenters. The fourth-order valence-corrected chi connectivity index (χ4v) is 1.23. The van der Waals surface area contributed by atoms with Gasteiger partial charge in [0.05, 0.1) is 17.7 Å². The van der Waals surface area contributed by atoms with Crippen molar-refractivity contribution in [1.82, 2.24) is 4.98 Å². The summed E-state index contributed by atoms with van der Waals surface area (Å²) in [5.41, 5.74) is -4.80. The molecule has 0 aliphatic rings. The van der Waals surface area contributed by atoms with Crippen LogP contribution in [-0.2, 0) is 17.1 Å². The molecule has 0 fully saturated rings. The van der Waals surface area contributed by atoms with Crippen LogP contribution in [0, 0.1) is 0 Å². The Morgan fingerprint density at radius 2 is 1.79 bits per heavy atom. The molecule has 9 heteroatoms. The lowest BCUT2D eigenvalue weighted by Crippen LogP contribution is -2.20. The van der Waals surface area contributed by atoms with Crippen molar-refractivity contribution in [2.24, 2.45) is 0 Å². The topological polar surface area (TPSA) is 39.2 Å². The van der Waals surface area contributed by atoms with Gasteiger partial charge in [-0.1, -0.05) is 0 Å². The van der Waals surface area contributed by atoms with Gasteiger partial charge in [-0.2, -0.15) is 26.3 Å². The van der Waals surface area contributed by atoms with Crippen LogP contribution in [0.3, 0.4) is 0 Å². The number of halogens is 6. The summed E-state index contributed by atoms with van der Waals surface area (Å²) < 4.78 is 79.1. The molecule has 3 nitrogen and oxygen atoms in total. The van der Waals surface area contributed by atoms with Crippen molar-refractivity contribution in [3.8, 4) is 0 Å². The maximum absolute atomic E-state index is 12.5. The quantitative estimate of drug-likeness (QED) is 0.619. The third-order valence-corrected chi connectivity index (χ3v) is 1.97. The highest BCUT2D eigenvalue weighted by atomic mass is 19.4. The number of ether oxygens (including phenoxy) is 1. The summed E-state index contributed by atoms with van der Waals surface area (Å²) >= 11 is 0. The van der Waals surface area contributed by atoms with E-state index in [1.54, 1.807) is 0 Å². The summed E-state index contributed by atoms with van der Waals surface area (Å²) in [4.78, 5) is 13.8. The van der Waals surface area contributed by atoms with Crippen molar-refractivity contribution >= 4 is 5.97 Å². The van der Waals surface area contributed by atoms with E-state index in [-0.39, 0.29) is 12.7 Å². The number of carbonyl (C=O) groups excluding carboxylic acids is 1. The molecule has 106 valence electrons. The van der Waals surface area contributed by atoms with Crippen molar-refractivity contribution in [2.75, 3.05) is 6.61 Å². The minimum Gasteiger partial charge on any atom is -0.462 e. The van der Waals surface area contributed by atoms with Crippen molar-refractivity contribution < 1.29 is 35.9 Å². The first-order chi connectivity index (χ1) is 8.57. The zero-order valence-electron chi connectivity index (χ0n) is 9.39. The Kier molecular flexibility index (Phi) is 4.06. The lowest BCUT2D eigenvalue weighted by Gasteiger charge is -2.15. The van der Waals surface area contributed by atoms with Gasteiger partial charge in [0.1, 0.15) is 0 Å². The van der Waals surface area contributed by atoms with E-state index < -0.39 is 35.1 Å². The second kappa shape index (κ2) is 5.06. The molecule has 1 rings (SSSR count). The highest BCUT2D eigenvalue weighted by Gasteiger charge is 2.45. The van der Waals surface area contributed by atoms with Gasteiger partial charge in [-0.15, -0.1) is 0 Å². The van der Waals surface area contributed by atoms with Gasteiger partial charge in [-0.25, -0.2) is 4.79 Å². The normalized spacial score (nSPS) is 12.4. The van der Waals surface area contributed by atoms with E-state index in [0.717, 1.165) is 0 Å². The van der Waals surface area contributed by atoms with Crippen LogP contribution in [0.4, 0.5) is 26.3 Å². The van der Waals surface area contributed by atoms with Crippen LogP contribution < -0.4 is 0 Å². The largest absolute Gasteiger partial charge is 0.462 e. The Bertz CT molecular complexity index is 480. The van der Waals surface area contributed by atoms with Crippen molar-refractivity contribution in [1.29, 1.82) is 0 Å². The Morgan fingerprint density at radius 1 is 1.21 bits per heavy atom. The van der Waals surface area contributed by atoms with Crippen LogP contribution in [0.1, 0.15) is 28.5 Å². The van der Waals surface area contributed by atoms with E-state index in [1.807, 2.05) is 0 Å². The predicted octanol–water partition coefficient (Wildman–Crippen LogP) is 3.30. The second-order valence-electron chi connectivity index (χ2n) is 3.34. The molecule has 1 heterocycles. The van der Waals surface area contributed by atoms with Crippen LogP contribution in [0.15, 0.2) is 12.3 Å². The molecule has 0 radical (unpaired) electrons. The Balaban J connectivity index is 3.36.